The summed E-state index contributed by atoms with van der Waals surface area (Å²) in [5.41, 5.74) is 0.606. The van der Waals surface area contributed by atoms with Gasteiger partial charge in [0.15, 0.2) is 5.96 Å². The summed E-state index contributed by atoms with van der Waals surface area (Å²) >= 11 is 0. The normalized spacial score (nSPS) is 11.3. The molecule has 1 amide bonds. The number of hydrogen-bond donors (Lipinski definition) is 3. The number of guanidine groups is 1. The standard InChI is InChI=1S/C19H32N4O3/c1-15(2)14-26-13-5-10-22-19(20-3)23-12-11-21-18(24)16-6-8-17(25-4)9-7-16/h6-9,15H,5,10-14H2,1-4H3,(H,21,24)(H2,20,22,23). The van der Waals surface area contributed by atoms with Gasteiger partial charge in [0.05, 0.1) is 7.11 Å². The van der Waals surface area contributed by atoms with Crippen LogP contribution in [0.2, 0.25) is 0 Å². The molecular weight excluding hydrogens is 332 g/mol. The molecule has 1 aromatic carbocycles. The predicted octanol–water partition coefficient (Wildman–Crippen LogP) is 1.65. The molecule has 0 heterocycles. The lowest BCUT2D eigenvalue weighted by Gasteiger charge is -2.13. The number of ether oxygens (including phenoxy) is 2. The quantitative estimate of drug-likeness (QED) is 0.316. The summed E-state index contributed by atoms with van der Waals surface area (Å²) in [6, 6.07) is 7.01. The van der Waals surface area contributed by atoms with Crippen LogP contribution in [0.15, 0.2) is 29.3 Å². The molecule has 26 heavy (non-hydrogen) atoms. The van der Waals surface area contributed by atoms with Crippen molar-refractivity contribution in [1.29, 1.82) is 0 Å². The molecule has 7 heteroatoms. The number of benzene rings is 1. The molecule has 0 aromatic heterocycles. The van der Waals surface area contributed by atoms with Crippen molar-refractivity contribution in [2.75, 3.05) is 47.0 Å². The zero-order valence-electron chi connectivity index (χ0n) is 16.3. The van der Waals surface area contributed by atoms with Gasteiger partial charge in [-0.2, -0.15) is 0 Å². The smallest absolute Gasteiger partial charge is 0.251 e. The first-order valence-electron chi connectivity index (χ1n) is 9.01. The van der Waals surface area contributed by atoms with E-state index in [4.69, 9.17) is 9.47 Å². The summed E-state index contributed by atoms with van der Waals surface area (Å²) in [4.78, 5) is 16.2. The van der Waals surface area contributed by atoms with E-state index in [1.165, 1.54) is 0 Å². The summed E-state index contributed by atoms with van der Waals surface area (Å²) < 4.78 is 10.6. The van der Waals surface area contributed by atoms with Crippen molar-refractivity contribution in [3.8, 4) is 5.75 Å². The monoisotopic (exact) mass is 364 g/mol. The van der Waals surface area contributed by atoms with Crippen molar-refractivity contribution in [3.63, 3.8) is 0 Å². The first kappa shape index (κ1) is 21.8. The fourth-order valence-corrected chi connectivity index (χ4v) is 2.12. The van der Waals surface area contributed by atoms with Gasteiger partial charge in [-0.05, 0) is 36.6 Å². The van der Waals surface area contributed by atoms with Gasteiger partial charge in [-0.25, -0.2) is 0 Å². The van der Waals surface area contributed by atoms with Gasteiger partial charge in [-0.15, -0.1) is 0 Å². The molecule has 0 aliphatic heterocycles. The van der Waals surface area contributed by atoms with E-state index in [0.717, 1.165) is 31.9 Å². The maximum absolute atomic E-state index is 12.0. The van der Waals surface area contributed by atoms with Crippen LogP contribution in [0.3, 0.4) is 0 Å². The van der Waals surface area contributed by atoms with Gasteiger partial charge < -0.3 is 25.4 Å². The average molecular weight is 364 g/mol. The minimum atomic E-state index is -0.111. The van der Waals surface area contributed by atoms with Crippen molar-refractivity contribution < 1.29 is 14.3 Å². The largest absolute Gasteiger partial charge is 0.497 e. The van der Waals surface area contributed by atoms with Gasteiger partial charge in [-0.3, -0.25) is 9.79 Å². The second-order valence-electron chi connectivity index (χ2n) is 6.23. The van der Waals surface area contributed by atoms with E-state index in [0.29, 0.717) is 30.5 Å². The highest BCUT2D eigenvalue weighted by Gasteiger charge is 2.05. The maximum Gasteiger partial charge on any atom is 0.251 e. The third kappa shape index (κ3) is 9.27. The second kappa shape index (κ2) is 13.0. The van der Waals surface area contributed by atoms with Crippen LogP contribution in [0.4, 0.5) is 0 Å². The minimum Gasteiger partial charge on any atom is -0.497 e. The van der Waals surface area contributed by atoms with Crippen LogP contribution in [-0.4, -0.2) is 58.9 Å². The highest BCUT2D eigenvalue weighted by atomic mass is 16.5. The van der Waals surface area contributed by atoms with Crippen LogP contribution in [-0.2, 0) is 4.74 Å². The number of carbonyl (C=O) groups is 1. The zero-order valence-corrected chi connectivity index (χ0v) is 16.3. The molecule has 0 bridgehead atoms. The lowest BCUT2D eigenvalue weighted by atomic mass is 10.2. The second-order valence-corrected chi connectivity index (χ2v) is 6.23. The Kier molecular flexibility index (Phi) is 10.9. The highest BCUT2D eigenvalue weighted by molar-refractivity contribution is 5.94. The van der Waals surface area contributed by atoms with Crippen molar-refractivity contribution in [1.82, 2.24) is 16.0 Å². The molecular formula is C19H32N4O3. The fourth-order valence-electron chi connectivity index (χ4n) is 2.12. The predicted molar refractivity (Wildman–Crippen MR) is 105 cm³/mol. The van der Waals surface area contributed by atoms with Crippen LogP contribution in [0.1, 0.15) is 30.6 Å². The van der Waals surface area contributed by atoms with E-state index in [1.807, 2.05) is 0 Å². The molecule has 1 rings (SSSR count). The Bertz CT molecular complexity index is 544. The van der Waals surface area contributed by atoms with E-state index in [-0.39, 0.29) is 5.91 Å². The number of hydrogen-bond acceptors (Lipinski definition) is 4. The minimum absolute atomic E-state index is 0.111. The van der Waals surface area contributed by atoms with Crippen molar-refractivity contribution in [3.05, 3.63) is 29.8 Å². The molecule has 7 nitrogen and oxygen atoms in total. The Morgan fingerprint density at radius 2 is 1.73 bits per heavy atom. The Labute approximate surface area is 156 Å². The van der Waals surface area contributed by atoms with E-state index >= 15 is 0 Å². The Hall–Kier alpha value is -2.28. The van der Waals surface area contributed by atoms with Crippen molar-refractivity contribution in [2.45, 2.75) is 20.3 Å². The van der Waals surface area contributed by atoms with Crippen LogP contribution in [0.5, 0.6) is 5.75 Å². The molecule has 146 valence electrons. The lowest BCUT2D eigenvalue weighted by molar-refractivity contribution is 0.0954. The Balaban J connectivity index is 2.15. The number of rotatable bonds is 11. The van der Waals surface area contributed by atoms with Crippen LogP contribution < -0.4 is 20.7 Å². The van der Waals surface area contributed by atoms with Crippen molar-refractivity contribution in [2.24, 2.45) is 10.9 Å². The van der Waals surface area contributed by atoms with E-state index in [2.05, 4.69) is 34.8 Å². The molecule has 0 saturated heterocycles. The van der Waals surface area contributed by atoms with Gasteiger partial charge in [0.25, 0.3) is 5.91 Å². The van der Waals surface area contributed by atoms with Gasteiger partial charge in [-0.1, -0.05) is 13.8 Å². The number of carbonyl (C=O) groups excluding carboxylic acids is 1. The van der Waals surface area contributed by atoms with Crippen LogP contribution in [0, 0.1) is 5.92 Å². The van der Waals surface area contributed by atoms with Gasteiger partial charge in [0, 0.05) is 45.5 Å². The summed E-state index contributed by atoms with van der Waals surface area (Å²) in [5.74, 6) is 1.89. The van der Waals surface area contributed by atoms with Crippen LogP contribution >= 0.6 is 0 Å². The van der Waals surface area contributed by atoms with E-state index in [1.54, 1.807) is 38.4 Å². The molecule has 0 atom stereocenters. The molecule has 0 radical (unpaired) electrons. The molecule has 0 saturated carbocycles. The molecule has 0 unspecified atom stereocenters. The summed E-state index contributed by atoms with van der Waals surface area (Å²) in [6.07, 6.45) is 0.918. The topological polar surface area (TPSA) is 84.0 Å². The molecule has 0 aliphatic rings. The van der Waals surface area contributed by atoms with Gasteiger partial charge >= 0.3 is 0 Å². The number of nitrogens with zero attached hydrogens (tertiary/aromatic N) is 1. The average Bonchev–Trinajstić information content (AvgIpc) is 2.65. The van der Waals surface area contributed by atoms with E-state index in [9.17, 15) is 4.79 Å². The molecule has 0 fully saturated rings. The summed E-state index contributed by atoms with van der Waals surface area (Å²) in [5, 5.41) is 9.25. The molecule has 0 spiro atoms. The first-order chi connectivity index (χ1) is 12.6. The zero-order chi connectivity index (χ0) is 19.2. The van der Waals surface area contributed by atoms with Gasteiger partial charge in [0.2, 0.25) is 0 Å². The Morgan fingerprint density at radius 1 is 1.08 bits per heavy atom. The first-order valence-corrected chi connectivity index (χ1v) is 9.01. The third-order valence-corrected chi connectivity index (χ3v) is 3.49. The fraction of sp³-hybridized carbons (Fsp3) is 0.579. The van der Waals surface area contributed by atoms with Crippen LogP contribution in [0.25, 0.3) is 0 Å². The SMILES string of the molecule is CN=C(NCCCOCC(C)C)NCCNC(=O)c1ccc(OC)cc1. The Morgan fingerprint density at radius 3 is 2.35 bits per heavy atom. The summed E-state index contributed by atoms with van der Waals surface area (Å²) in [6.45, 7) is 7.68. The molecule has 0 aliphatic carbocycles. The number of nitrogens with one attached hydrogen (secondary N) is 3. The highest BCUT2D eigenvalue weighted by Crippen LogP contribution is 2.10. The van der Waals surface area contributed by atoms with Gasteiger partial charge in [0.1, 0.15) is 5.75 Å². The lowest BCUT2D eigenvalue weighted by Crippen LogP contribution is -2.42. The number of amides is 1. The maximum atomic E-state index is 12.0. The van der Waals surface area contributed by atoms with Crippen molar-refractivity contribution >= 4 is 11.9 Å². The summed E-state index contributed by atoms with van der Waals surface area (Å²) in [7, 11) is 3.32. The van der Waals surface area contributed by atoms with E-state index < -0.39 is 0 Å². The molecule has 1 aromatic rings. The third-order valence-electron chi connectivity index (χ3n) is 3.49. The number of methoxy groups -OCH3 is 1. The number of aliphatic imine (C=N–C) groups is 1. The molecule has 3 N–H and O–H groups in total.